The van der Waals surface area contributed by atoms with Crippen molar-refractivity contribution in [2.45, 2.75) is 26.2 Å². The second-order valence-corrected chi connectivity index (χ2v) is 8.12. The molecule has 0 saturated carbocycles. The number of halogens is 1. The second-order valence-electron chi connectivity index (χ2n) is 7.21. The molecular weight excluding hydrogens is 416 g/mol. The standard InChI is InChI=1S/C22H21BrN4O/c1-15-21(20(28)14-26-10-4-3-5-11-26)22-19(12-16(23)13-25-22)27(15)18-8-6-17(24-2)7-9-18/h6-9,12-13H,3-5,10-11,14H2,1H3. The Hall–Kier alpha value is -2.49. The SMILES string of the molecule is [C-]#[N+]c1ccc(-n2c(C)c(C(=O)CN3CCCCC3)c3ncc(Br)cc32)cc1. The summed E-state index contributed by atoms with van der Waals surface area (Å²) in [5, 5.41) is 0. The van der Waals surface area contributed by atoms with Crippen LogP contribution in [0, 0.1) is 13.5 Å². The Labute approximate surface area is 172 Å². The number of hydrogen-bond donors (Lipinski definition) is 0. The van der Waals surface area contributed by atoms with E-state index in [1.54, 1.807) is 18.3 Å². The third-order valence-corrected chi connectivity index (χ3v) is 5.77. The molecule has 28 heavy (non-hydrogen) atoms. The van der Waals surface area contributed by atoms with Crippen molar-refractivity contribution in [2.24, 2.45) is 0 Å². The van der Waals surface area contributed by atoms with Crippen LogP contribution in [0.15, 0.2) is 41.0 Å². The molecule has 142 valence electrons. The van der Waals surface area contributed by atoms with E-state index in [1.165, 1.54) is 6.42 Å². The molecule has 1 saturated heterocycles. The van der Waals surface area contributed by atoms with Crippen molar-refractivity contribution in [2.75, 3.05) is 19.6 Å². The van der Waals surface area contributed by atoms with E-state index >= 15 is 0 Å². The minimum atomic E-state index is 0.121. The van der Waals surface area contributed by atoms with Gasteiger partial charge in [-0.25, -0.2) is 4.85 Å². The molecule has 3 heterocycles. The maximum Gasteiger partial charge on any atom is 0.187 e. The summed E-state index contributed by atoms with van der Waals surface area (Å²) in [5.41, 5.74) is 4.73. The molecule has 0 spiro atoms. The monoisotopic (exact) mass is 436 g/mol. The quantitative estimate of drug-likeness (QED) is 0.410. The highest BCUT2D eigenvalue weighted by atomic mass is 79.9. The van der Waals surface area contributed by atoms with Crippen molar-refractivity contribution in [3.63, 3.8) is 0 Å². The van der Waals surface area contributed by atoms with E-state index in [0.29, 0.717) is 17.8 Å². The van der Waals surface area contributed by atoms with Gasteiger partial charge in [-0.2, -0.15) is 0 Å². The van der Waals surface area contributed by atoms with Crippen LogP contribution in [0.4, 0.5) is 5.69 Å². The second kappa shape index (κ2) is 7.86. The lowest BCUT2D eigenvalue weighted by molar-refractivity contribution is 0.0916. The number of ketones is 1. The van der Waals surface area contributed by atoms with Gasteiger partial charge in [-0.05, 0) is 67.0 Å². The fraction of sp³-hybridized carbons (Fsp3) is 0.318. The molecule has 0 aliphatic carbocycles. The van der Waals surface area contributed by atoms with E-state index in [4.69, 9.17) is 6.57 Å². The zero-order chi connectivity index (χ0) is 19.7. The van der Waals surface area contributed by atoms with Crippen molar-refractivity contribution in [1.29, 1.82) is 0 Å². The fourth-order valence-corrected chi connectivity index (χ4v) is 4.32. The van der Waals surface area contributed by atoms with Gasteiger partial charge in [0.25, 0.3) is 0 Å². The molecule has 6 heteroatoms. The van der Waals surface area contributed by atoms with Gasteiger partial charge in [-0.1, -0.05) is 18.6 Å². The van der Waals surface area contributed by atoms with Gasteiger partial charge in [0.1, 0.15) is 0 Å². The minimum Gasteiger partial charge on any atom is -0.312 e. The van der Waals surface area contributed by atoms with Crippen LogP contribution in [0.5, 0.6) is 0 Å². The van der Waals surface area contributed by atoms with Gasteiger partial charge in [0.2, 0.25) is 0 Å². The molecule has 0 bridgehead atoms. The largest absolute Gasteiger partial charge is 0.312 e. The smallest absolute Gasteiger partial charge is 0.187 e. The molecule has 0 radical (unpaired) electrons. The number of Topliss-reactive ketones (excluding diaryl/α,β-unsaturated/α-hetero) is 1. The van der Waals surface area contributed by atoms with Crippen molar-refractivity contribution >= 4 is 38.4 Å². The summed E-state index contributed by atoms with van der Waals surface area (Å²) in [5.74, 6) is 0.121. The first-order valence-electron chi connectivity index (χ1n) is 9.48. The van der Waals surface area contributed by atoms with E-state index < -0.39 is 0 Å². The van der Waals surface area contributed by atoms with Crippen LogP contribution in [-0.4, -0.2) is 39.9 Å². The molecule has 2 aromatic heterocycles. The maximum atomic E-state index is 13.2. The first-order valence-corrected chi connectivity index (χ1v) is 10.3. The normalized spacial score (nSPS) is 14.9. The van der Waals surface area contributed by atoms with Gasteiger partial charge in [0.15, 0.2) is 11.5 Å². The van der Waals surface area contributed by atoms with Crippen molar-refractivity contribution < 1.29 is 4.79 Å². The summed E-state index contributed by atoms with van der Waals surface area (Å²) in [6.45, 7) is 11.5. The van der Waals surface area contributed by atoms with Gasteiger partial charge in [-0.3, -0.25) is 14.7 Å². The summed E-state index contributed by atoms with van der Waals surface area (Å²) >= 11 is 3.50. The number of carbonyl (C=O) groups excluding carboxylic acids is 1. The van der Waals surface area contributed by atoms with E-state index in [-0.39, 0.29) is 5.78 Å². The highest BCUT2D eigenvalue weighted by Gasteiger charge is 2.24. The molecule has 5 nitrogen and oxygen atoms in total. The number of piperidine rings is 1. The lowest BCUT2D eigenvalue weighted by Crippen LogP contribution is -2.34. The number of carbonyl (C=O) groups is 1. The Morgan fingerprint density at radius 2 is 1.93 bits per heavy atom. The molecule has 1 aliphatic rings. The molecular formula is C22H21BrN4O. The Bertz CT molecular complexity index is 1070. The van der Waals surface area contributed by atoms with Crippen LogP contribution in [-0.2, 0) is 0 Å². The van der Waals surface area contributed by atoms with Crippen molar-refractivity contribution in [3.8, 4) is 5.69 Å². The minimum absolute atomic E-state index is 0.121. The lowest BCUT2D eigenvalue weighted by Gasteiger charge is -2.25. The Kier molecular flexibility index (Phi) is 5.29. The van der Waals surface area contributed by atoms with E-state index in [2.05, 4.69) is 35.2 Å². The molecule has 1 aliphatic heterocycles. The number of fused-ring (bicyclic) bond motifs is 1. The van der Waals surface area contributed by atoms with Crippen molar-refractivity contribution in [1.82, 2.24) is 14.5 Å². The van der Waals surface area contributed by atoms with Crippen LogP contribution in [0.25, 0.3) is 21.6 Å². The highest BCUT2D eigenvalue weighted by Crippen LogP contribution is 2.31. The zero-order valence-electron chi connectivity index (χ0n) is 15.8. The summed E-state index contributed by atoms with van der Waals surface area (Å²) in [6, 6.07) is 9.43. The maximum absolute atomic E-state index is 13.2. The third-order valence-electron chi connectivity index (χ3n) is 5.34. The van der Waals surface area contributed by atoms with Crippen molar-refractivity contribution in [3.05, 3.63) is 63.7 Å². The number of nitrogens with zero attached hydrogens (tertiary/aromatic N) is 4. The summed E-state index contributed by atoms with van der Waals surface area (Å²) in [4.78, 5) is 23.5. The predicted molar refractivity (Wildman–Crippen MR) is 114 cm³/mol. The van der Waals surface area contributed by atoms with Crippen LogP contribution in [0.1, 0.15) is 35.3 Å². The molecule has 0 N–H and O–H groups in total. The number of pyridine rings is 1. The number of likely N-dealkylation sites (tertiary alicyclic amines) is 1. The third kappa shape index (κ3) is 3.48. The average molecular weight is 437 g/mol. The predicted octanol–water partition coefficient (Wildman–Crippen LogP) is 5.32. The molecule has 1 fully saturated rings. The topological polar surface area (TPSA) is 42.5 Å². The van der Waals surface area contributed by atoms with Crippen LogP contribution in [0.3, 0.4) is 0 Å². The number of aromatic nitrogens is 2. The first-order chi connectivity index (χ1) is 13.6. The fourth-order valence-electron chi connectivity index (χ4n) is 4.00. The number of rotatable bonds is 4. The van der Waals surface area contributed by atoms with Gasteiger partial charge in [0, 0.05) is 22.1 Å². The summed E-state index contributed by atoms with van der Waals surface area (Å²) < 4.78 is 2.93. The van der Waals surface area contributed by atoms with E-state index in [1.807, 2.05) is 25.1 Å². The van der Waals surface area contributed by atoms with Gasteiger partial charge >= 0.3 is 0 Å². The first kappa shape index (κ1) is 18.9. The molecule has 0 amide bonds. The van der Waals surface area contributed by atoms with Crippen LogP contribution in [0.2, 0.25) is 0 Å². The highest BCUT2D eigenvalue weighted by molar-refractivity contribution is 9.10. The molecule has 0 unspecified atom stereocenters. The average Bonchev–Trinajstić information content (AvgIpc) is 3.00. The molecule has 4 rings (SSSR count). The van der Waals surface area contributed by atoms with Gasteiger partial charge in [0.05, 0.1) is 29.7 Å². The summed E-state index contributed by atoms with van der Waals surface area (Å²) in [7, 11) is 0. The zero-order valence-corrected chi connectivity index (χ0v) is 17.4. The van der Waals surface area contributed by atoms with E-state index in [0.717, 1.165) is 52.8 Å². The molecule has 0 atom stereocenters. The Balaban J connectivity index is 1.81. The Morgan fingerprint density at radius 1 is 1.21 bits per heavy atom. The summed E-state index contributed by atoms with van der Waals surface area (Å²) in [6.07, 6.45) is 5.31. The molecule has 3 aromatic rings. The van der Waals surface area contributed by atoms with Crippen LogP contribution < -0.4 is 0 Å². The van der Waals surface area contributed by atoms with Crippen LogP contribution >= 0.6 is 15.9 Å². The van der Waals surface area contributed by atoms with Gasteiger partial charge in [-0.15, -0.1) is 0 Å². The van der Waals surface area contributed by atoms with Gasteiger partial charge < -0.3 is 4.57 Å². The number of benzene rings is 1. The van der Waals surface area contributed by atoms with E-state index in [9.17, 15) is 4.79 Å². The Morgan fingerprint density at radius 3 is 2.61 bits per heavy atom. The number of hydrogen-bond acceptors (Lipinski definition) is 3. The lowest BCUT2D eigenvalue weighted by atomic mass is 10.1. The molecule has 1 aromatic carbocycles.